The van der Waals surface area contributed by atoms with Gasteiger partial charge >= 0.3 is 11.9 Å². The normalized spacial score (nSPS) is 16.1. The van der Waals surface area contributed by atoms with Gasteiger partial charge in [0.05, 0.1) is 18.0 Å². The van der Waals surface area contributed by atoms with Crippen molar-refractivity contribution in [1.29, 1.82) is 0 Å². The van der Waals surface area contributed by atoms with E-state index in [-0.39, 0.29) is 24.4 Å². The van der Waals surface area contributed by atoms with Crippen molar-refractivity contribution in [1.82, 2.24) is 10.6 Å². The second-order valence-corrected chi connectivity index (χ2v) is 7.83. The second kappa shape index (κ2) is 11.1. The Balaban J connectivity index is 0.000000414. The second-order valence-electron chi connectivity index (χ2n) is 7.83. The SMILES string of the molecule is CNCC(=O)Nc1ccc(C2NC(=O)C(C)(C)c3ccccc32)cc1.O=C(O)/C=C/C(=O)O. The average molecular weight is 453 g/mol. The van der Waals surface area contributed by atoms with Crippen LogP contribution in [0.2, 0.25) is 0 Å². The number of hydrogen-bond acceptors (Lipinski definition) is 5. The van der Waals surface area contributed by atoms with Crippen molar-refractivity contribution < 1.29 is 29.4 Å². The lowest BCUT2D eigenvalue weighted by Gasteiger charge is -2.37. The van der Waals surface area contributed by atoms with Crippen LogP contribution >= 0.6 is 0 Å². The molecule has 3 rings (SSSR count). The van der Waals surface area contributed by atoms with E-state index >= 15 is 0 Å². The molecule has 0 aliphatic carbocycles. The van der Waals surface area contributed by atoms with Gasteiger partial charge in [-0.3, -0.25) is 9.59 Å². The molecule has 1 unspecified atom stereocenters. The Morgan fingerprint density at radius 2 is 1.58 bits per heavy atom. The number of hydrogen-bond donors (Lipinski definition) is 5. The van der Waals surface area contributed by atoms with Crippen molar-refractivity contribution in [2.45, 2.75) is 25.3 Å². The first-order valence-corrected chi connectivity index (χ1v) is 10.1. The maximum Gasteiger partial charge on any atom is 0.328 e. The quantitative estimate of drug-likeness (QED) is 0.421. The predicted molar refractivity (Wildman–Crippen MR) is 123 cm³/mol. The minimum Gasteiger partial charge on any atom is -0.478 e. The fraction of sp³-hybridized carbons (Fsp3) is 0.250. The molecular formula is C24H27N3O6. The van der Waals surface area contributed by atoms with Gasteiger partial charge in [0, 0.05) is 17.8 Å². The Bertz CT molecular complexity index is 1040. The average Bonchev–Trinajstić information content (AvgIpc) is 2.76. The lowest BCUT2D eigenvalue weighted by Crippen LogP contribution is -2.47. The van der Waals surface area contributed by atoms with E-state index in [1.807, 2.05) is 56.3 Å². The molecule has 1 atom stereocenters. The van der Waals surface area contributed by atoms with E-state index in [9.17, 15) is 19.2 Å². The summed E-state index contributed by atoms with van der Waals surface area (Å²) in [5, 5.41) is 24.4. The molecule has 0 aromatic heterocycles. The number of anilines is 1. The zero-order valence-electron chi connectivity index (χ0n) is 18.6. The molecule has 5 N–H and O–H groups in total. The van der Waals surface area contributed by atoms with Gasteiger partial charge in [-0.15, -0.1) is 0 Å². The van der Waals surface area contributed by atoms with Gasteiger partial charge in [0.1, 0.15) is 0 Å². The number of nitrogens with one attached hydrogen (secondary N) is 3. The van der Waals surface area contributed by atoms with Gasteiger partial charge < -0.3 is 26.2 Å². The molecule has 2 aromatic rings. The summed E-state index contributed by atoms with van der Waals surface area (Å²) in [5.41, 5.74) is 3.34. The molecular weight excluding hydrogens is 426 g/mol. The summed E-state index contributed by atoms with van der Waals surface area (Å²) in [5.74, 6) is -2.59. The molecule has 0 radical (unpaired) electrons. The summed E-state index contributed by atoms with van der Waals surface area (Å²) in [4.78, 5) is 43.3. The number of benzene rings is 2. The van der Waals surface area contributed by atoms with Crippen LogP contribution in [-0.4, -0.2) is 47.6 Å². The number of aliphatic carboxylic acids is 2. The predicted octanol–water partition coefficient (Wildman–Crippen LogP) is 2.05. The highest BCUT2D eigenvalue weighted by Gasteiger charge is 2.39. The highest BCUT2D eigenvalue weighted by atomic mass is 16.4. The molecule has 33 heavy (non-hydrogen) atoms. The Kier molecular flexibility index (Phi) is 8.47. The lowest BCUT2D eigenvalue weighted by molar-refractivity contribution is -0.134. The van der Waals surface area contributed by atoms with E-state index < -0.39 is 17.4 Å². The molecule has 2 aromatic carbocycles. The Labute approximate surface area is 191 Å². The molecule has 0 spiro atoms. The summed E-state index contributed by atoms with van der Waals surface area (Å²) in [6.45, 7) is 4.15. The van der Waals surface area contributed by atoms with Gasteiger partial charge in [-0.05, 0) is 49.7 Å². The van der Waals surface area contributed by atoms with Crippen LogP contribution in [0.15, 0.2) is 60.7 Å². The number of carboxylic acid groups (broad SMARTS) is 2. The first kappa shape index (κ1) is 25.3. The number of carboxylic acids is 2. The van der Waals surface area contributed by atoms with E-state index in [1.54, 1.807) is 7.05 Å². The van der Waals surface area contributed by atoms with Crippen LogP contribution in [0.25, 0.3) is 0 Å². The van der Waals surface area contributed by atoms with Crippen molar-refractivity contribution in [3.63, 3.8) is 0 Å². The fourth-order valence-electron chi connectivity index (χ4n) is 3.36. The van der Waals surface area contributed by atoms with Crippen molar-refractivity contribution in [3.8, 4) is 0 Å². The third kappa shape index (κ3) is 6.75. The van der Waals surface area contributed by atoms with Crippen molar-refractivity contribution in [3.05, 3.63) is 77.4 Å². The van der Waals surface area contributed by atoms with E-state index in [4.69, 9.17) is 10.2 Å². The third-order valence-corrected chi connectivity index (χ3v) is 5.02. The highest BCUT2D eigenvalue weighted by Crippen LogP contribution is 2.38. The Hall–Kier alpha value is -3.98. The summed E-state index contributed by atoms with van der Waals surface area (Å²) >= 11 is 0. The Morgan fingerprint density at radius 3 is 2.12 bits per heavy atom. The molecule has 1 aliphatic heterocycles. The number of fused-ring (bicyclic) bond motifs is 1. The smallest absolute Gasteiger partial charge is 0.328 e. The summed E-state index contributed by atoms with van der Waals surface area (Å²) < 4.78 is 0. The van der Waals surface area contributed by atoms with E-state index in [0.717, 1.165) is 22.4 Å². The lowest BCUT2D eigenvalue weighted by atomic mass is 9.75. The van der Waals surface area contributed by atoms with Gasteiger partial charge in [0.2, 0.25) is 11.8 Å². The number of likely N-dealkylation sites (N-methyl/N-ethyl adjacent to an activating group) is 1. The van der Waals surface area contributed by atoms with Crippen LogP contribution in [-0.2, 0) is 24.6 Å². The van der Waals surface area contributed by atoms with Crippen molar-refractivity contribution in [2.24, 2.45) is 0 Å². The molecule has 0 saturated heterocycles. The summed E-state index contributed by atoms with van der Waals surface area (Å²) in [6, 6.07) is 15.5. The van der Waals surface area contributed by atoms with Gasteiger partial charge in [-0.25, -0.2) is 9.59 Å². The standard InChI is InChI=1S/C20H23N3O2.C4H4O4/c1-20(2)16-7-5-4-6-15(16)18(23-19(20)25)13-8-10-14(11-9-13)22-17(24)12-21-3;5-3(6)1-2-4(7)8/h4-11,18,21H,12H2,1-3H3,(H,22,24)(H,23,25);1-2H,(H,5,6)(H,7,8)/b;2-1+. The number of carbonyl (C=O) groups is 4. The van der Waals surface area contributed by atoms with Gasteiger partial charge in [-0.2, -0.15) is 0 Å². The largest absolute Gasteiger partial charge is 0.478 e. The van der Waals surface area contributed by atoms with E-state index in [0.29, 0.717) is 12.2 Å². The van der Waals surface area contributed by atoms with E-state index in [2.05, 4.69) is 22.0 Å². The van der Waals surface area contributed by atoms with Crippen LogP contribution in [0.4, 0.5) is 5.69 Å². The van der Waals surface area contributed by atoms with Gasteiger partial charge in [-0.1, -0.05) is 36.4 Å². The monoisotopic (exact) mass is 453 g/mol. The topological polar surface area (TPSA) is 145 Å². The first-order valence-electron chi connectivity index (χ1n) is 10.1. The van der Waals surface area contributed by atoms with Crippen LogP contribution in [0.1, 0.15) is 36.6 Å². The fourth-order valence-corrected chi connectivity index (χ4v) is 3.36. The minimum atomic E-state index is -1.26. The van der Waals surface area contributed by atoms with E-state index in [1.165, 1.54) is 0 Å². The third-order valence-electron chi connectivity index (χ3n) is 5.02. The van der Waals surface area contributed by atoms with Crippen LogP contribution in [0, 0.1) is 0 Å². The molecule has 9 nitrogen and oxygen atoms in total. The molecule has 9 heteroatoms. The molecule has 174 valence electrons. The first-order chi connectivity index (χ1) is 15.6. The van der Waals surface area contributed by atoms with Gasteiger partial charge in [0.25, 0.3) is 0 Å². The van der Waals surface area contributed by atoms with Crippen LogP contribution < -0.4 is 16.0 Å². The number of amides is 2. The molecule has 1 aliphatic rings. The number of rotatable bonds is 6. The van der Waals surface area contributed by atoms with Crippen LogP contribution in [0.5, 0.6) is 0 Å². The summed E-state index contributed by atoms with van der Waals surface area (Å²) in [7, 11) is 1.73. The zero-order chi connectivity index (χ0) is 24.6. The molecule has 0 bridgehead atoms. The molecule has 1 heterocycles. The highest BCUT2D eigenvalue weighted by molar-refractivity contribution is 5.92. The number of carbonyl (C=O) groups excluding carboxylic acids is 2. The zero-order valence-corrected chi connectivity index (χ0v) is 18.6. The summed E-state index contributed by atoms with van der Waals surface area (Å²) in [6.07, 6.45) is 1.12. The maximum atomic E-state index is 12.6. The van der Waals surface area contributed by atoms with Crippen LogP contribution in [0.3, 0.4) is 0 Å². The minimum absolute atomic E-state index is 0.0163. The van der Waals surface area contributed by atoms with Crippen molar-refractivity contribution >= 4 is 29.4 Å². The molecule has 0 saturated carbocycles. The Morgan fingerprint density at radius 1 is 1.00 bits per heavy atom. The van der Waals surface area contributed by atoms with Gasteiger partial charge in [0.15, 0.2) is 0 Å². The maximum absolute atomic E-state index is 12.6. The molecule has 2 amide bonds. The molecule has 0 fully saturated rings. The van der Waals surface area contributed by atoms with Crippen molar-refractivity contribution in [2.75, 3.05) is 18.9 Å².